The van der Waals surface area contributed by atoms with E-state index in [1.165, 1.54) is 0 Å². The minimum absolute atomic E-state index is 0.0946. The summed E-state index contributed by atoms with van der Waals surface area (Å²) < 4.78 is 0. The number of piperazine rings is 1. The van der Waals surface area contributed by atoms with Crippen LogP contribution in [0.5, 0.6) is 0 Å². The molecule has 0 saturated carbocycles. The number of hydrogen-bond donors (Lipinski definition) is 1. The van der Waals surface area contributed by atoms with E-state index in [1.54, 1.807) is 0 Å². The molecule has 0 aromatic rings. The molecule has 1 heterocycles. The van der Waals surface area contributed by atoms with Gasteiger partial charge in [0.25, 0.3) is 0 Å². The van der Waals surface area contributed by atoms with E-state index in [-0.39, 0.29) is 11.4 Å². The summed E-state index contributed by atoms with van der Waals surface area (Å²) in [5.41, 5.74) is -0.523. The normalized spacial score (nSPS) is 23.9. The third-order valence-corrected chi connectivity index (χ3v) is 3.24. The van der Waals surface area contributed by atoms with Crippen molar-refractivity contribution in [3.63, 3.8) is 0 Å². The maximum atomic E-state index is 12.3. The van der Waals surface area contributed by atoms with E-state index in [0.717, 1.165) is 19.6 Å². The molecule has 0 aromatic carbocycles. The lowest BCUT2D eigenvalue weighted by molar-refractivity contribution is -0.147. The van der Waals surface area contributed by atoms with Gasteiger partial charge in [-0.3, -0.25) is 4.79 Å². The average Bonchev–Trinajstić information content (AvgIpc) is 2.12. The van der Waals surface area contributed by atoms with Crippen molar-refractivity contribution in [2.45, 2.75) is 38.8 Å². The molecule has 94 valence electrons. The lowest BCUT2D eigenvalue weighted by Crippen LogP contribution is -2.69. The molecule has 1 saturated heterocycles. The highest BCUT2D eigenvalue weighted by molar-refractivity contribution is 5.87. The van der Waals surface area contributed by atoms with Crippen molar-refractivity contribution in [2.24, 2.45) is 0 Å². The van der Waals surface area contributed by atoms with E-state index < -0.39 is 5.54 Å². The van der Waals surface area contributed by atoms with Crippen LogP contribution in [-0.4, -0.2) is 60.5 Å². The van der Waals surface area contributed by atoms with Crippen molar-refractivity contribution in [3.8, 4) is 0 Å². The number of amides is 1. The number of rotatable bonds is 3. The summed E-state index contributed by atoms with van der Waals surface area (Å²) in [5, 5.41) is 3.31. The fraction of sp³-hybridized carbons (Fsp3) is 0.917. The fourth-order valence-electron chi connectivity index (χ4n) is 1.92. The topological polar surface area (TPSA) is 35.6 Å². The van der Waals surface area contributed by atoms with Gasteiger partial charge < -0.3 is 15.1 Å². The van der Waals surface area contributed by atoms with Crippen molar-refractivity contribution in [1.29, 1.82) is 0 Å². The molecule has 0 aliphatic carbocycles. The van der Waals surface area contributed by atoms with Crippen molar-refractivity contribution < 1.29 is 4.79 Å². The zero-order valence-electron chi connectivity index (χ0n) is 11.4. The molecule has 0 unspecified atom stereocenters. The highest BCUT2D eigenvalue weighted by Crippen LogP contribution is 2.24. The van der Waals surface area contributed by atoms with Gasteiger partial charge in [0.1, 0.15) is 0 Å². The molecule has 0 spiro atoms. The Morgan fingerprint density at radius 1 is 1.31 bits per heavy atom. The predicted molar refractivity (Wildman–Crippen MR) is 66.4 cm³/mol. The number of nitrogens with one attached hydrogen (secondary N) is 1. The fourth-order valence-corrected chi connectivity index (χ4v) is 1.92. The molecule has 4 nitrogen and oxygen atoms in total. The SMILES string of the molecule is CN(C)CCN1C(=O)C(C)(C)NCC1(C)C. The van der Waals surface area contributed by atoms with Crippen LogP contribution in [0.3, 0.4) is 0 Å². The molecule has 1 fully saturated rings. The highest BCUT2D eigenvalue weighted by atomic mass is 16.2. The minimum atomic E-state index is -0.429. The second-order valence-corrected chi connectivity index (χ2v) is 6.05. The Hall–Kier alpha value is -0.610. The van der Waals surface area contributed by atoms with Crippen LogP contribution in [0.2, 0.25) is 0 Å². The number of carbonyl (C=O) groups is 1. The molecule has 0 bridgehead atoms. The summed E-state index contributed by atoms with van der Waals surface area (Å²) in [4.78, 5) is 16.4. The largest absolute Gasteiger partial charge is 0.333 e. The third-order valence-electron chi connectivity index (χ3n) is 3.24. The van der Waals surface area contributed by atoms with E-state index in [2.05, 4.69) is 24.1 Å². The number of carbonyl (C=O) groups excluding carboxylic acids is 1. The Morgan fingerprint density at radius 3 is 2.38 bits per heavy atom. The Morgan fingerprint density at radius 2 is 1.88 bits per heavy atom. The molecule has 0 radical (unpaired) electrons. The third kappa shape index (κ3) is 2.74. The standard InChI is InChI=1S/C12H25N3O/c1-11(2)9-13-12(3,4)10(16)15(11)8-7-14(5)6/h13H,7-9H2,1-6H3. The second kappa shape index (κ2) is 4.34. The Balaban J connectivity index is 2.78. The van der Waals surface area contributed by atoms with Crippen LogP contribution in [0, 0.1) is 0 Å². The molecular formula is C12H25N3O. The summed E-state index contributed by atoms with van der Waals surface area (Å²) >= 11 is 0. The zero-order chi connectivity index (χ0) is 12.6. The smallest absolute Gasteiger partial charge is 0.242 e. The monoisotopic (exact) mass is 227 g/mol. The lowest BCUT2D eigenvalue weighted by Gasteiger charge is -2.49. The molecule has 16 heavy (non-hydrogen) atoms. The maximum Gasteiger partial charge on any atom is 0.242 e. The average molecular weight is 227 g/mol. The number of likely N-dealkylation sites (N-methyl/N-ethyl adjacent to an activating group) is 1. The molecule has 1 amide bonds. The van der Waals surface area contributed by atoms with E-state index in [1.807, 2.05) is 32.8 Å². The van der Waals surface area contributed by atoms with Crippen LogP contribution >= 0.6 is 0 Å². The zero-order valence-corrected chi connectivity index (χ0v) is 11.4. The van der Waals surface area contributed by atoms with E-state index in [0.29, 0.717) is 0 Å². The van der Waals surface area contributed by atoms with Crippen LogP contribution in [0.15, 0.2) is 0 Å². The van der Waals surface area contributed by atoms with Gasteiger partial charge in [-0.2, -0.15) is 0 Å². The highest BCUT2D eigenvalue weighted by Gasteiger charge is 2.43. The van der Waals surface area contributed by atoms with Crippen LogP contribution in [0.1, 0.15) is 27.7 Å². The van der Waals surface area contributed by atoms with E-state index >= 15 is 0 Å². The van der Waals surface area contributed by atoms with Crippen LogP contribution < -0.4 is 5.32 Å². The van der Waals surface area contributed by atoms with Crippen LogP contribution in [0.4, 0.5) is 0 Å². The molecular weight excluding hydrogens is 202 g/mol. The van der Waals surface area contributed by atoms with Gasteiger partial charge in [-0.25, -0.2) is 0 Å². The molecule has 1 rings (SSSR count). The van der Waals surface area contributed by atoms with E-state index in [9.17, 15) is 4.79 Å². The van der Waals surface area contributed by atoms with Gasteiger partial charge in [0.2, 0.25) is 5.91 Å². The number of nitrogens with zero attached hydrogens (tertiary/aromatic N) is 2. The predicted octanol–water partition coefficient (Wildman–Crippen LogP) is 0.537. The molecule has 0 atom stereocenters. The Kier molecular flexibility index (Phi) is 3.65. The summed E-state index contributed by atoms with van der Waals surface area (Å²) in [6, 6.07) is 0. The van der Waals surface area contributed by atoms with Crippen molar-refractivity contribution in [1.82, 2.24) is 15.1 Å². The van der Waals surface area contributed by atoms with Gasteiger partial charge >= 0.3 is 0 Å². The van der Waals surface area contributed by atoms with Gasteiger partial charge in [0.15, 0.2) is 0 Å². The summed E-state index contributed by atoms with van der Waals surface area (Å²) in [6.07, 6.45) is 0. The first-order valence-corrected chi connectivity index (χ1v) is 5.89. The first-order chi connectivity index (χ1) is 7.17. The first kappa shape index (κ1) is 13.5. The summed E-state index contributed by atoms with van der Waals surface area (Å²) in [5.74, 6) is 0.200. The molecule has 1 N–H and O–H groups in total. The van der Waals surface area contributed by atoms with Gasteiger partial charge in [0, 0.05) is 25.2 Å². The van der Waals surface area contributed by atoms with Crippen LogP contribution in [-0.2, 0) is 4.79 Å². The maximum absolute atomic E-state index is 12.3. The second-order valence-electron chi connectivity index (χ2n) is 6.05. The van der Waals surface area contributed by atoms with Crippen molar-refractivity contribution in [3.05, 3.63) is 0 Å². The Labute approximate surface area is 99.0 Å². The minimum Gasteiger partial charge on any atom is -0.333 e. The van der Waals surface area contributed by atoms with Gasteiger partial charge in [-0.05, 0) is 41.8 Å². The van der Waals surface area contributed by atoms with Gasteiger partial charge in [-0.15, -0.1) is 0 Å². The Bertz CT molecular complexity index is 271. The van der Waals surface area contributed by atoms with Crippen LogP contribution in [0.25, 0.3) is 0 Å². The molecule has 1 aliphatic rings. The van der Waals surface area contributed by atoms with Crippen molar-refractivity contribution in [2.75, 3.05) is 33.7 Å². The van der Waals surface area contributed by atoms with Crippen molar-refractivity contribution >= 4 is 5.91 Å². The number of hydrogen-bond acceptors (Lipinski definition) is 3. The molecule has 1 aliphatic heterocycles. The summed E-state index contributed by atoms with van der Waals surface area (Å²) in [6.45, 7) is 10.7. The van der Waals surface area contributed by atoms with Gasteiger partial charge in [0.05, 0.1) is 5.54 Å². The lowest BCUT2D eigenvalue weighted by atomic mass is 9.90. The first-order valence-electron chi connectivity index (χ1n) is 5.89. The van der Waals surface area contributed by atoms with Gasteiger partial charge in [-0.1, -0.05) is 0 Å². The molecule has 0 aromatic heterocycles. The van der Waals surface area contributed by atoms with E-state index in [4.69, 9.17) is 0 Å². The molecule has 4 heteroatoms. The summed E-state index contributed by atoms with van der Waals surface area (Å²) in [7, 11) is 4.07. The quantitative estimate of drug-likeness (QED) is 0.764.